The molecular formula is C18H16O4. The highest BCUT2D eigenvalue weighted by atomic mass is 16.3. The van der Waals surface area contributed by atoms with Gasteiger partial charge in [0.1, 0.15) is 0 Å². The third-order valence-corrected chi connectivity index (χ3v) is 4.42. The van der Waals surface area contributed by atoms with Crippen LogP contribution in [-0.2, 0) is 4.79 Å². The zero-order chi connectivity index (χ0) is 16.0. The van der Waals surface area contributed by atoms with Gasteiger partial charge in [-0.2, -0.15) is 0 Å². The molecule has 0 heterocycles. The molecule has 0 bridgehead atoms. The third-order valence-electron chi connectivity index (χ3n) is 4.42. The van der Waals surface area contributed by atoms with Crippen molar-refractivity contribution in [2.45, 2.75) is 13.8 Å². The first-order valence-electron chi connectivity index (χ1n) is 7.23. The molecule has 0 fully saturated rings. The number of carbonyl (C=O) groups excluding carboxylic acids is 3. The molecule has 0 radical (unpaired) electrons. The summed E-state index contributed by atoms with van der Waals surface area (Å²) >= 11 is 0. The van der Waals surface area contributed by atoms with Crippen LogP contribution >= 0.6 is 0 Å². The van der Waals surface area contributed by atoms with E-state index in [1.165, 1.54) is 0 Å². The lowest BCUT2D eigenvalue weighted by atomic mass is 9.74. The Hall–Kier alpha value is -2.33. The summed E-state index contributed by atoms with van der Waals surface area (Å²) in [5.74, 6) is -3.36. The first-order valence-corrected chi connectivity index (χ1v) is 7.23. The van der Waals surface area contributed by atoms with Crippen molar-refractivity contribution in [3.8, 4) is 0 Å². The van der Waals surface area contributed by atoms with Gasteiger partial charge in [0, 0.05) is 17.7 Å². The Morgan fingerprint density at radius 1 is 1.05 bits per heavy atom. The molecule has 0 saturated carbocycles. The van der Waals surface area contributed by atoms with Crippen LogP contribution in [0.5, 0.6) is 0 Å². The second-order valence-electron chi connectivity index (χ2n) is 5.85. The van der Waals surface area contributed by atoms with Crippen LogP contribution in [-0.4, -0.2) is 29.1 Å². The maximum absolute atomic E-state index is 12.6. The summed E-state index contributed by atoms with van der Waals surface area (Å²) in [5.41, 5.74) is 1.48. The highest BCUT2D eigenvalue weighted by molar-refractivity contribution is 6.53. The maximum Gasteiger partial charge on any atom is 0.230 e. The molecule has 2 atom stereocenters. The van der Waals surface area contributed by atoms with Crippen molar-refractivity contribution in [2.75, 3.05) is 6.61 Å². The number of carbonyl (C=O) groups is 3. The van der Waals surface area contributed by atoms with Gasteiger partial charge in [-0.3, -0.25) is 14.4 Å². The number of aliphatic hydroxyl groups is 1. The van der Waals surface area contributed by atoms with E-state index < -0.39 is 23.4 Å². The molecule has 2 aromatic rings. The van der Waals surface area contributed by atoms with Gasteiger partial charge >= 0.3 is 0 Å². The third kappa shape index (κ3) is 1.91. The summed E-state index contributed by atoms with van der Waals surface area (Å²) in [5, 5.41) is 10.8. The molecule has 3 rings (SSSR count). The van der Waals surface area contributed by atoms with E-state index in [0.717, 1.165) is 10.9 Å². The molecule has 0 aromatic heterocycles. The Morgan fingerprint density at radius 2 is 1.77 bits per heavy atom. The SMILES string of the molecule is Cc1cccc2c3c(ccc12)C(=O)C(C(C)CO)C(=O)C3=O. The minimum Gasteiger partial charge on any atom is -0.396 e. The Bertz CT molecular complexity index is 819. The number of hydrogen-bond donors (Lipinski definition) is 1. The topological polar surface area (TPSA) is 71.4 Å². The second kappa shape index (κ2) is 5.14. The predicted octanol–water partition coefficient (Wildman–Crippen LogP) is 2.34. The van der Waals surface area contributed by atoms with E-state index in [1.807, 2.05) is 25.1 Å². The molecule has 0 aliphatic heterocycles. The molecule has 0 spiro atoms. The maximum atomic E-state index is 12.6. The molecule has 1 aliphatic carbocycles. The van der Waals surface area contributed by atoms with Gasteiger partial charge in [-0.1, -0.05) is 31.2 Å². The number of hydrogen-bond acceptors (Lipinski definition) is 4. The van der Waals surface area contributed by atoms with Crippen molar-refractivity contribution in [3.63, 3.8) is 0 Å². The van der Waals surface area contributed by atoms with Crippen LogP contribution < -0.4 is 0 Å². The highest BCUT2D eigenvalue weighted by Crippen LogP contribution is 2.33. The fourth-order valence-electron chi connectivity index (χ4n) is 3.14. The van der Waals surface area contributed by atoms with Crippen molar-refractivity contribution < 1.29 is 19.5 Å². The number of benzene rings is 2. The number of ketones is 3. The molecule has 112 valence electrons. The van der Waals surface area contributed by atoms with E-state index in [1.54, 1.807) is 19.1 Å². The molecule has 2 aromatic carbocycles. The van der Waals surface area contributed by atoms with Crippen molar-refractivity contribution in [2.24, 2.45) is 11.8 Å². The fourth-order valence-corrected chi connectivity index (χ4v) is 3.14. The van der Waals surface area contributed by atoms with Crippen molar-refractivity contribution in [3.05, 3.63) is 47.0 Å². The van der Waals surface area contributed by atoms with E-state index in [4.69, 9.17) is 0 Å². The van der Waals surface area contributed by atoms with Gasteiger partial charge in [-0.15, -0.1) is 0 Å². The summed E-state index contributed by atoms with van der Waals surface area (Å²) < 4.78 is 0. The summed E-state index contributed by atoms with van der Waals surface area (Å²) in [6, 6.07) is 8.92. The molecule has 4 heteroatoms. The molecular weight excluding hydrogens is 280 g/mol. The van der Waals surface area contributed by atoms with E-state index in [9.17, 15) is 19.5 Å². The number of Topliss-reactive ketones (excluding diaryl/α,β-unsaturated/α-hetero) is 3. The molecule has 4 nitrogen and oxygen atoms in total. The van der Waals surface area contributed by atoms with E-state index in [-0.39, 0.29) is 23.5 Å². The van der Waals surface area contributed by atoms with E-state index in [2.05, 4.69) is 0 Å². The number of rotatable bonds is 2. The molecule has 1 aliphatic rings. The summed E-state index contributed by atoms with van der Waals surface area (Å²) in [6.07, 6.45) is 0. The van der Waals surface area contributed by atoms with E-state index in [0.29, 0.717) is 5.39 Å². The number of aliphatic hydroxyl groups excluding tert-OH is 1. The van der Waals surface area contributed by atoms with Gasteiger partial charge in [0.15, 0.2) is 5.78 Å². The Balaban J connectivity index is 2.30. The lowest BCUT2D eigenvalue weighted by Crippen LogP contribution is -2.41. The van der Waals surface area contributed by atoms with Crippen LogP contribution in [0.25, 0.3) is 10.8 Å². The Kier molecular flexibility index (Phi) is 3.41. The minimum atomic E-state index is -1.08. The lowest BCUT2D eigenvalue weighted by molar-refractivity contribution is -0.119. The van der Waals surface area contributed by atoms with Gasteiger partial charge < -0.3 is 5.11 Å². The average Bonchev–Trinajstić information content (AvgIpc) is 2.52. The number of fused-ring (bicyclic) bond motifs is 3. The Labute approximate surface area is 127 Å². The molecule has 0 saturated heterocycles. The van der Waals surface area contributed by atoms with Crippen LogP contribution in [0.1, 0.15) is 33.2 Å². The monoisotopic (exact) mass is 296 g/mol. The molecule has 0 amide bonds. The number of aryl methyl sites for hydroxylation is 1. The zero-order valence-corrected chi connectivity index (χ0v) is 12.4. The minimum absolute atomic E-state index is 0.206. The predicted molar refractivity (Wildman–Crippen MR) is 82.1 cm³/mol. The fraction of sp³-hybridized carbons (Fsp3) is 0.278. The van der Waals surface area contributed by atoms with Gasteiger partial charge in [0.05, 0.1) is 5.92 Å². The molecule has 1 N–H and O–H groups in total. The quantitative estimate of drug-likeness (QED) is 0.682. The largest absolute Gasteiger partial charge is 0.396 e. The van der Waals surface area contributed by atoms with E-state index >= 15 is 0 Å². The average molecular weight is 296 g/mol. The summed E-state index contributed by atoms with van der Waals surface area (Å²) in [4.78, 5) is 37.5. The van der Waals surface area contributed by atoms with Crippen molar-refractivity contribution >= 4 is 28.1 Å². The van der Waals surface area contributed by atoms with Gasteiger partial charge in [-0.05, 0) is 35.2 Å². The second-order valence-corrected chi connectivity index (χ2v) is 5.85. The van der Waals surface area contributed by atoms with Crippen molar-refractivity contribution in [1.82, 2.24) is 0 Å². The van der Waals surface area contributed by atoms with Crippen LogP contribution in [0.3, 0.4) is 0 Å². The first kappa shape index (κ1) is 14.6. The summed E-state index contributed by atoms with van der Waals surface area (Å²) in [6.45, 7) is 3.21. The highest BCUT2D eigenvalue weighted by Gasteiger charge is 2.43. The summed E-state index contributed by atoms with van der Waals surface area (Å²) in [7, 11) is 0. The lowest BCUT2D eigenvalue weighted by Gasteiger charge is -2.25. The van der Waals surface area contributed by atoms with Crippen LogP contribution in [0.2, 0.25) is 0 Å². The van der Waals surface area contributed by atoms with Crippen molar-refractivity contribution in [1.29, 1.82) is 0 Å². The molecule has 22 heavy (non-hydrogen) atoms. The normalized spacial score (nSPS) is 19.4. The molecule has 2 unspecified atom stereocenters. The zero-order valence-electron chi connectivity index (χ0n) is 12.4. The Morgan fingerprint density at radius 3 is 2.45 bits per heavy atom. The van der Waals surface area contributed by atoms with Gasteiger partial charge in [0.25, 0.3) is 0 Å². The van der Waals surface area contributed by atoms with Crippen LogP contribution in [0.4, 0.5) is 0 Å². The van der Waals surface area contributed by atoms with Crippen LogP contribution in [0.15, 0.2) is 30.3 Å². The van der Waals surface area contributed by atoms with Gasteiger partial charge in [0.2, 0.25) is 11.6 Å². The standard InChI is InChI=1S/C18H16O4/c1-9-4-3-5-12-11(9)6-7-13-15(12)18(22)17(21)14(16(13)20)10(2)8-19/h3-7,10,14,19H,8H2,1-2H3. The van der Waals surface area contributed by atoms with Crippen LogP contribution in [0, 0.1) is 18.8 Å². The van der Waals surface area contributed by atoms with Gasteiger partial charge in [-0.25, -0.2) is 0 Å². The smallest absolute Gasteiger partial charge is 0.230 e. The first-order chi connectivity index (χ1) is 10.5.